The van der Waals surface area contributed by atoms with Crippen molar-refractivity contribution in [3.05, 3.63) is 35.4 Å². The molecule has 0 heterocycles. The summed E-state index contributed by atoms with van der Waals surface area (Å²) in [5, 5.41) is 7.38. The largest absolute Gasteiger partial charge is 0.384 e. The number of ether oxygens (including phenoxy) is 1. The molecule has 1 rings (SSSR count). The summed E-state index contributed by atoms with van der Waals surface area (Å²) < 4.78 is 5.47. The third kappa shape index (κ3) is 2.85. The van der Waals surface area contributed by atoms with Crippen LogP contribution in [0.3, 0.4) is 0 Å². The third-order valence-electron chi connectivity index (χ3n) is 1.88. The minimum atomic E-state index is 0.0907. The second kappa shape index (κ2) is 4.77. The van der Waals surface area contributed by atoms with Crippen LogP contribution in [0, 0.1) is 5.41 Å². The van der Waals surface area contributed by atoms with Crippen LogP contribution in [0.15, 0.2) is 24.3 Å². The Morgan fingerprint density at radius 3 is 2.64 bits per heavy atom. The molecule has 0 radical (unpaired) electrons. The van der Waals surface area contributed by atoms with E-state index in [1.165, 1.54) is 0 Å². The number of hydrogen-bond acceptors (Lipinski definition) is 2. The van der Waals surface area contributed by atoms with Crippen molar-refractivity contribution < 1.29 is 4.74 Å². The summed E-state index contributed by atoms with van der Waals surface area (Å²) in [6.45, 7) is 4.47. The molecule has 0 unspecified atom stereocenters. The second-order valence-electron chi connectivity index (χ2n) is 3.43. The van der Waals surface area contributed by atoms with E-state index in [0.29, 0.717) is 6.61 Å². The van der Waals surface area contributed by atoms with Gasteiger partial charge >= 0.3 is 0 Å². The lowest BCUT2D eigenvalue weighted by atomic mass is 10.1. The standard InChI is InChI=1S/C11H16N2O/c1-8(2)14-7-9-5-3-4-6-10(9)11(12)13/h3-6,8H,7H2,1-2H3,(H3,12,13). The fourth-order valence-corrected chi connectivity index (χ4v) is 1.17. The molecule has 76 valence electrons. The Bertz CT molecular complexity index is 321. The first kappa shape index (κ1) is 10.7. The van der Waals surface area contributed by atoms with Gasteiger partial charge in [0.1, 0.15) is 5.84 Å². The first-order valence-electron chi connectivity index (χ1n) is 4.65. The van der Waals surface area contributed by atoms with Gasteiger partial charge in [0.2, 0.25) is 0 Å². The summed E-state index contributed by atoms with van der Waals surface area (Å²) in [6, 6.07) is 7.56. The molecular weight excluding hydrogens is 176 g/mol. The average molecular weight is 192 g/mol. The summed E-state index contributed by atoms with van der Waals surface area (Å²) in [5.74, 6) is 0.0907. The summed E-state index contributed by atoms with van der Waals surface area (Å²) in [6.07, 6.45) is 0.190. The Balaban J connectivity index is 2.79. The van der Waals surface area contributed by atoms with E-state index in [0.717, 1.165) is 11.1 Å². The third-order valence-corrected chi connectivity index (χ3v) is 1.88. The van der Waals surface area contributed by atoms with Gasteiger partial charge in [-0.05, 0) is 19.4 Å². The molecule has 0 spiro atoms. The molecule has 1 aromatic rings. The first-order chi connectivity index (χ1) is 6.61. The fourth-order valence-electron chi connectivity index (χ4n) is 1.17. The normalized spacial score (nSPS) is 10.5. The average Bonchev–Trinajstić information content (AvgIpc) is 2.15. The molecule has 3 N–H and O–H groups in total. The number of benzene rings is 1. The van der Waals surface area contributed by atoms with Crippen LogP contribution >= 0.6 is 0 Å². The Labute approximate surface area is 84.4 Å². The minimum Gasteiger partial charge on any atom is -0.384 e. The lowest BCUT2D eigenvalue weighted by Gasteiger charge is -2.10. The zero-order valence-electron chi connectivity index (χ0n) is 8.58. The van der Waals surface area contributed by atoms with E-state index in [4.69, 9.17) is 15.9 Å². The molecule has 3 nitrogen and oxygen atoms in total. The number of nitrogens with two attached hydrogens (primary N) is 1. The number of amidine groups is 1. The van der Waals surface area contributed by atoms with E-state index in [2.05, 4.69) is 0 Å². The van der Waals surface area contributed by atoms with Crippen LogP contribution in [0.5, 0.6) is 0 Å². The quantitative estimate of drug-likeness (QED) is 0.565. The molecule has 0 saturated carbocycles. The molecule has 0 fully saturated rings. The molecule has 14 heavy (non-hydrogen) atoms. The van der Waals surface area contributed by atoms with Gasteiger partial charge in [0.05, 0.1) is 12.7 Å². The molecule has 1 aromatic carbocycles. The Hall–Kier alpha value is -1.35. The number of hydrogen-bond donors (Lipinski definition) is 2. The minimum absolute atomic E-state index is 0.0907. The Morgan fingerprint density at radius 2 is 2.07 bits per heavy atom. The fraction of sp³-hybridized carbons (Fsp3) is 0.364. The maximum Gasteiger partial charge on any atom is 0.123 e. The van der Waals surface area contributed by atoms with Gasteiger partial charge in [-0.1, -0.05) is 24.3 Å². The van der Waals surface area contributed by atoms with E-state index in [1.807, 2.05) is 38.1 Å². The van der Waals surface area contributed by atoms with Crippen molar-refractivity contribution in [3.63, 3.8) is 0 Å². The van der Waals surface area contributed by atoms with Crippen molar-refractivity contribution in [2.75, 3.05) is 0 Å². The summed E-state index contributed by atoms with van der Waals surface area (Å²) in [4.78, 5) is 0. The summed E-state index contributed by atoms with van der Waals surface area (Å²) in [7, 11) is 0. The highest BCUT2D eigenvalue weighted by atomic mass is 16.5. The number of nitrogen functional groups attached to an aromatic ring is 1. The molecular formula is C11H16N2O. The molecule has 0 aliphatic carbocycles. The predicted octanol–water partition coefficient (Wildman–Crippen LogP) is 1.90. The zero-order valence-corrected chi connectivity index (χ0v) is 8.58. The lowest BCUT2D eigenvalue weighted by Crippen LogP contribution is -2.15. The van der Waals surface area contributed by atoms with Crippen LogP contribution in [0.1, 0.15) is 25.0 Å². The number of rotatable bonds is 4. The van der Waals surface area contributed by atoms with Crippen molar-refractivity contribution in [2.24, 2.45) is 5.73 Å². The molecule has 0 atom stereocenters. The smallest absolute Gasteiger partial charge is 0.123 e. The van der Waals surface area contributed by atoms with Gasteiger partial charge in [-0.15, -0.1) is 0 Å². The summed E-state index contributed by atoms with van der Waals surface area (Å²) in [5.41, 5.74) is 7.17. The first-order valence-corrected chi connectivity index (χ1v) is 4.65. The molecule has 0 amide bonds. The van der Waals surface area contributed by atoms with E-state index in [-0.39, 0.29) is 11.9 Å². The molecule has 0 saturated heterocycles. The monoisotopic (exact) mass is 192 g/mol. The lowest BCUT2D eigenvalue weighted by molar-refractivity contribution is 0.0656. The summed E-state index contributed by atoms with van der Waals surface area (Å²) >= 11 is 0. The van der Waals surface area contributed by atoms with Crippen molar-refractivity contribution in [2.45, 2.75) is 26.6 Å². The van der Waals surface area contributed by atoms with Gasteiger partial charge in [0, 0.05) is 5.56 Å². The van der Waals surface area contributed by atoms with Crippen LogP contribution in [-0.4, -0.2) is 11.9 Å². The Morgan fingerprint density at radius 1 is 1.43 bits per heavy atom. The maximum atomic E-state index is 7.38. The number of nitrogens with one attached hydrogen (secondary N) is 1. The maximum absolute atomic E-state index is 7.38. The van der Waals surface area contributed by atoms with Crippen molar-refractivity contribution in [3.8, 4) is 0 Å². The molecule has 0 aliphatic heterocycles. The topological polar surface area (TPSA) is 59.1 Å². The molecule has 3 heteroatoms. The van der Waals surface area contributed by atoms with E-state index < -0.39 is 0 Å². The van der Waals surface area contributed by atoms with Gasteiger partial charge in [-0.3, -0.25) is 5.41 Å². The van der Waals surface area contributed by atoms with Crippen molar-refractivity contribution in [1.82, 2.24) is 0 Å². The SMILES string of the molecule is CC(C)OCc1ccccc1C(=N)N. The van der Waals surface area contributed by atoms with Crippen LogP contribution in [-0.2, 0) is 11.3 Å². The van der Waals surface area contributed by atoms with Crippen molar-refractivity contribution in [1.29, 1.82) is 5.41 Å². The molecule has 0 aliphatic rings. The Kier molecular flexibility index (Phi) is 3.65. The van der Waals surface area contributed by atoms with E-state index in [1.54, 1.807) is 0 Å². The van der Waals surface area contributed by atoms with Gasteiger partial charge < -0.3 is 10.5 Å². The van der Waals surface area contributed by atoms with E-state index in [9.17, 15) is 0 Å². The van der Waals surface area contributed by atoms with Gasteiger partial charge in [-0.2, -0.15) is 0 Å². The predicted molar refractivity (Wildman–Crippen MR) is 57.4 cm³/mol. The highest BCUT2D eigenvalue weighted by molar-refractivity contribution is 5.96. The van der Waals surface area contributed by atoms with Gasteiger partial charge in [0.25, 0.3) is 0 Å². The van der Waals surface area contributed by atoms with Gasteiger partial charge in [0.15, 0.2) is 0 Å². The highest BCUT2D eigenvalue weighted by Gasteiger charge is 2.04. The van der Waals surface area contributed by atoms with Crippen LogP contribution < -0.4 is 5.73 Å². The zero-order chi connectivity index (χ0) is 10.6. The molecule has 0 aromatic heterocycles. The molecule has 0 bridgehead atoms. The van der Waals surface area contributed by atoms with Crippen LogP contribution in [0.4, 0.5) is 0 Å². The second-order valence-corrected chi connectivity index (χ2v) is 3.43. The van der Waals surface area contributed by atoms with Crippen molar-refractivity contribution >= 4 is 5.84 Å². The van der Waals surface area contributed by atoms with Gasteiger partial charge in [-0.25, -0.2) is 0 Å². The van der Waals surface area contributed by atoms with E-state index >= 15 is 0 Å². The highest BCUT2D eigenvalue weighted by Crippen LogP contribution is 2.10. The van der Waals surface area contributed by atoms with Crippen LogP contribution in [0.2, 0.25) is 0 Å². The van der Waals surface area contributed by atoms with Crippen LogP contribution in [0.25, 0.3) is 0 Å².